The molecule has 2 aliphatic rings. The van der Waals surface area contributed by atoms with Crippen LogP contribution in [0.4, 0.5) is 0 Å². The molecule has 17 heavy (non-hydrogen) atoms. The van der Waals surface area contributed by atoms with Crippen LogP contribution in [0.15, 0.2) is 12.1 Å². The van der Waals surface area contributed by atoms with Crippen molar-refractivity contribution >= 4 is 5.97 Å². The first-order valence-electron chi connectivity index (χ1n) is 6.27. The Labute approximate surface area is 100 Å². The predicted octanol–water partition coefficient (Wildman–Crippen LogP) is 3.07. The molecule has 2 atom stereocenters. The van der Waals surface area contributed by atoms with E-state index in [-0.39, 0.29) is 5.97 Å². The molecule has 0 unspecified atom stereocenters. The Kier molecular flexibility index (Phi) is 2.35. The van der Waals surface area contributed by atoms with E-state index in [0.717, 1.165) is 30.4 Å². The van der Waals surface area contributed by atoms with Crippen molar-refractivity contribution in [1.29, 1.82) is 0 Å². The van der Waals surface area contributed by atoms with E-state index in [9.17, 15) is 9.90 Å². The number of phenols is 1. The zero-order chi connectivity index (χ0) is 12.0. The number of carbonyl (C=O) groups excluding carboxylic acids is 1. The van der Waals surface area contributed by atoms with E-state index in [1.165, 1.54) is 0 Å². The van der Waals surface area contributed by atoms with Crippen molar-refractivity contribution in [2.45, 2.75) is 44.4 Å². The maximum atomic E-state index is 11.4. The van der Waals surface area contributed by atoms with Crippen molar-refractivity contribution in [2.24, 2.45) is 0 Å². The number of rotatable bonds is 2. The first kappa shape index (κ1) is 10.6. The smallest absolute Gasteiger partial charge is 0.310 e. The summed E-state index contributed by atoms with van der Waals surface area (Å²) < 4.78 is 5.36. The van der Waals surface area contributed by atoms with E-state index in [4.69, 9.17) is 4.74 Å². The summed E-state index contributed by atoms with van der Waals surface area (Å²) in [6.07, 6.45) is 3.78. The first-order chi connectivity index (χ1) is 8.20. The van der Waals surface area contributed by atoms with Gasteiger partial charge in [-0.15, -0.1) is 0 Å². The van der Waals surface area contributed by atoms with Gasteiger partial charge in [0.15, 0.2) is 0 Å². The standard InChI is InChI=1S/C14H16O3/c1-2-12(16)17-11-6-5-10(15)13-8-3-4-9(7-8)14(11)13/h5-6,8-9,15H,2-4,7H2,1H3/t8-,9+/m0/s1. The van der Waals surface area contributed by atoms with Gasteiger partial charge in [-0.2, -0.15) is 0 Å². The van der Waals surface area contributed by atoms with E-state index in [0.29, 0.717) is 29.8 Å². The van der Waals surface area contributed by atoms with Crippen LogP contribution in [0.2, 0.25) is 0 Å². The van der Waals surface area contributed by atoms with Gasteiger partial charge in [-0.1, -0.05) is 6.92 Å². The number of phenolic OH excluding ortho intramolecular Hbond substituents is 1. The molecule has 1 saturated carbocycles. The van der Waals surface area contributed by atoms with Gasteiger partial charge in [0, 0.05) is 17.5 Å². The molecule has 0 heterocycles. The van der Waals surface area contributed by atoms with Crippen LogP contribution < -0.4 is 4.74 Å². The molecule has 1 aromatic carbocycles. The van der Waals surface area contributed by atoms with Gasteiger partial charge in [-0.25, -0.2) is 0 Å². The average molecular weight is 232 g/mol. The summed E-state index contributed by atoms with van der Waals surface area (Å²) in [4.78, 5) is 11.4. The number of esters is 1. The summed E-state index contributed by atoms with van der Waals surface area (Å²) >= 11 is 0. The predicted molar refractivity (Wildman–Crippen MR) is 63.4 cm³/mol. The van der Waals surface area contributed by atoms with Crippen molar-refractivity contribution in [3.63, 3.8) is 0 Å². The lowest BCUT2D eigenvalue weighted by atomic mass is 9.90. The molecule has 2 aliphatic carbocycles. The quantitative estimate of drug-likeness (QED) is 0.629. The summed E-state index contributed by atoms with van der Waals surface area (Å²) in [5.41, 5.74) is 2.12. The van der Waals surface area contributed by atoms with Gasteiger partial charge >= 0.3 is 5.97 Å². The minimum atomic E-state index is -0.208. The van der Waals surface area contributed by atoms with Gasteiger partial charge in [-0.05, 0) is 43.2 Å². The lowest BCUT2D eigenvalue weighted by molar-refractivity contribution is -0.134. The molecule has 1 N–H and O–H groups in total. The second kappa shape index (κ2) is 3.76. The molecule has 0 radical (unpaired) electrons. The van der Waals surface area contributed by atoms with E-state index in [1.807, 2.05) is 0 Å². The summed E-state index contributed by atoms with van der Waals surface area (Å²) in [5, 5.41) is 9.93. The molecule has 3 nitrogen and oxygen atoms in total. The summed E-state index contributed by atoms with van der Waals surface area (Å²) in [6, 6.07) is 3.38. The van der Waals surface area contributed by atoms with Crippen molar-refractivity contribution in [3.8, 4) is 11.5 Å². The summed E-state index contributed by atoms with van der Waals surface area (Å²) in [6.45, 7) is 1.79. The van der Waals surface area contributed by atoms with Gasteiger partial charge in [0.1, 0.15) is 11.5 Å². The molecule has 3 rings (SSSR count). The van der Waals surface area contributed by atoms with Crippen LogP contribution in [-0.4, -0.2) is 11.1 Å². The summed E-state index contributed by atoms with van der Waals surface area (Å²) in [7, 11) is 0. The second-order valence-electron chi connectivity index (χ2n) is 4.94. The number of fused-ring (bicyclic) bond motifs is 5. The Morgan fingerprint density at radius 2 is 2.06 bits per heavy atom. The second-order valence-corrected chi connectivity index (χ2v) is 4.94. The fourth-order valence-electron chi connectivity index (χ4n) is 3.24. The molecule has 0 aliphatic heterocycles. The van der Waals surface area contributed by atoms with Crippen molar-refractivity contribution in [3.05, 3.63) is 23.3 Å². The monoisotopic (exact) mass is 232 g/mol. The molecule has 0 aromatic heterocycles. The van der Waals surface area contributed by atoms with Gasteiger partial charge < -0.3 is 9.84 Å². The zero-order valence-electron chi connectivity index (χ0n) is 9.90. The number of benzene rings is 1. The Morgan fingerprint density at radius 1 is 1.35 bits per heavy atom. The maximum absolute atomic E-state index is 11.4. The molecule has 0 saturated heterocycles. The highest BCUT2D eigenvalue weighted by molar-refractivity contribution is 5.73. The lowest BCUT2D eigenvalue weighted by Gasteiger charge is -2.19. The molecule has 0 spiro atoms. The minimum absolute atomic E-state index is 0.208. The highest BCUT2D eigenvalue weighted by Gasteiger charge is 2.41. The molecular formula is C14H16O3. The molecule has 1 fully saturated rings. The fraction of sp³-hybridized carbons (Fsp3) is 0.500. The highest BCUT2D eigenvalue weighted by atomic mass is 16.5. The van der Waals surface area contributed by atoms with Gasteiger partial charge in [0.05, 0.1) is 0 Å². The highest BCUT2D eigenvalue weighted by Crippen LogP contribution is 2.58. The third kappa shape index (κ3) is 1.53. The van der Waals surface area contributed by atoms with E-state index in [2.05, 4.69) is 0 Å². The van der Waals surface area contributed by atoms with E-state index in [1.54, 1.807) is 19.1 Å². The van der Waals surface area contributed by atoms with Crippen LogP contribution in [0.1, 0.15) is 55.6 Å². The Morgan fingerprint density at radius 3 is 2.76 bits per heavy atom. The van der Waals surface area contributed by atoms with Gasteiger partial charge in [-0.3, -0.25) is 4.79 Å². The number of aromatic hydroxyl groups is 1. The lowest BCUT2D eigenvalue weighted by Crippen LogP contribution is -2.09. The molecule has 3 heteroatoms. The molecule has 0 amide bonds. The Hall–Kier alpha value is -1.51. The molecular weight excluding hydrogens is 216 g/mol. The molecule has 90 valence electrons. The van der Waals surface area contributed by atoms with Crippen LogP contribution >= 0.6 is 0 Å². The molecule has 2 bridgehead atoms. The van der Waals surface area contributed by atoms with Crippen LogP contribution in [-0.2, 0) is 4.79 Å². The van der Waals surface area contributed by atoms with Crippen LogP contribution in [0.3, 0.4) is 0 Å². The van der Waals surface area contributed by atoms with Gasteiger partial charge in [0.25, 0.3) is 0 Å². The first-order valence-corrected chi connectivity index (χ1v) is 6.27. The summed E-state index contributed by atoms with van der Waals surface area (Å²) in [5.74, 6) is 1.76. The Balaban J connectivity index is 2.05. The third-order valence-electron chi connectivity index (χ3n) is 3.99. The number of hydrogen-bond acceptors (Lipinski definition) is 3. The number of hydrogen-bond donors (Lipinski definition) is 1. The van der Waals surface area contributed by atoms with Crippen molar-refractivity contribution in [2.75, 3.05) is 0 Å². The Bertz CT molecular complexity index is 479. The van der Waals surface area contributed by atoms with Gasteiger partial charge in [0.2, 0.25) is 0 Å². The zero-order valence-corrected chi connectivity index (χ0v) is 9.90. The molecule has 1 aromatic rings. The van der Waals surface area contributed by atoms with Crippen LogP contribution in [0.5, 0.6) is 11.5 Å². The van der Waals surface area contributed by atoms with Crippen molar-refractivity contribution < 1.29 is 14.6 Å². The topological polar surface area (TPSA) is 46.5 Å². The SMILES string of the molecule is CCC(=O)Oc1ccc(O)c2c1[C@@H]1CC[C@H]2C1. The van der Waals surface area contributed by atoms with Crippen LogP contribution in [0, 0.1) is 0 Å². The van der Waals surface area contributed by atoms with Crippen LogP contribution in [0.25, 0.3) is 0 Å². The normalized spacial score (nSPS) is 24.8. The largest absolute Gasteiger partial charge is 0.508 e. The maximum Gasteiger partial charge on any atom is 0.310 e. The number of carbonyl (C=O) groups is 1. The number of ether oxygens (including phenoxy) is 1. The van der Waals surface area contributed by atoms with E-state index >= 15 is 0 Å². The minimum Gasteiger partial charge on any atom is -0.508 e. The van der Waals surface area contributed by atoms with Crippen molar-refractivity contribution in [1.82, 2.24) is 0 Å². The average Bonchev–Trinajstić information content (AvgIpc) is 2.93. The van der Waals surface area contributed by atoms with E-state index < -0.39 is 0 Å². The third-order valence-corrected chi connectivity index (χ3v) is 3.99. The fourth-order valence-corrected chi connectivity index (χ4v) is 3.24.